The maximum atomic E-state index is 9.17. The summed E-state index contributed by atoms with van der Waals surface area (Å²) in [6, 6.07) is 5.73. The zero-order valence-corrected chi connectivity index (χ0v) is 11.4. The molecule has 1 rings (SSSR count). The van der Waals surface area contributed by atoms with E-state index in [1.807, 2.05) is 32.0 Å². The van der Waals surface area contributed by atoms with Gasteiger partial charge in [0.05, 0.1) is 23.6 Å². The Bertz CT molecular complexity index is 365. The van der Waals surface area contributed by atoms with Crippen molar-refractivity contribution in [1.29, 1.82) is 0 Å². The second-order valence-corrected chi connectivity index (χ2v) is 4.80. The summed E-state index contributed by atoms with van der Waals surface area (Å²) >= 11 is 0. The molecular weight excluding hydrogens is 228 g/mol. The number of aliphatic hydroxyl groups excluding tert-OH is 1. The number of benzene rings is 1. The number of anilines is 2. The molecule has 0 amide bonds. The Kier molecular flexibility index (Phi) is 5.78. The maximum absolute atomic E-state index is 9.17. The molecule has 0 saturated carbocycles. The number of nitrogens with one attached hydrogen (secondary N) is 1. The molecule has 0 aromatic heterocycles. The Balaban J connectivity index is 2.55. The quantitative estimate of drug-likeness (QED) is 0.515. The van der Waals surface area contributed by atoms with Crippen LogP contribution in [0.3, 0.4) is 0 Å². The highest BCUT2D eigenvalue weighted by atomic mass is 16.5. The van der Waals surface area contributed by atoms with Crippen molar-refractivity contribution in [2.24, 2.45) is 0 Å². The Morgan fingerprint density at radius 2 is 2.06 bits per heavy atom. The van der Waals surface area contributed by atoms with Gasteiger partial charge in [-0.2, -0.15) is 0 Å². The van der Waals surface area contributed by atoms with Crippen LogP contribution in [0.2, 0.25) is 0 Å². The van der Waals surface area contributed by atoms with Gasteiger partial charge in [0.2, 0.25) is 0 Å². The lowest BCUT2D eigenvalue weighted by atomic mass is 10.2. The van der Waals surface area contributed by atoms with E-state index in [0.29, 0.717) is 11.4 Å². The third-order valence-electron chi connectivity index (χ3n) is 2.54. The molecule has 0 fully saturated rings. The van der Waals surface area contributed by atoms with Crippen LogP contribution in [0.1, 0.15) is 33.6 Å². The highest BCUT2D eigenvalue weighted by molar-refractivity contribution is 5.72. The first-order valence-corrected chi connectivity index (χ1v) is 6.47. The normalized spacial score (nSPS) is 12.5. The number of aliphatic hydroxyl groups is 1. The fourth-order valence-corrected chi connectivity index (χ4v) is 1.68. The number of para-hydroxylation sites is 1. The summed E-state index contributed by atoms with van der Waals surface area (Å²) in [5.41, 5.74) is 7.57. The van der Waals surface area contributed by atoms with Crippen LogP contribution in [0.5, 0.6) is 5.75 Å². The highest BCUT2D eigenvalue weighted by Crippen LogP contribution is 2.30. The molecule has 0 saturated heterocycles. The molecule has 0 aliphatic heterocycles. The number of hydrogen-bond donors (Lipinski definition) is 3. The fraction of sp³-hybridized carbons (Fsp3) is 0.571. The minimum absolute atomic E-state index is 0.109. The number of hydrogen-bond acceptors (Lipinski definition) is 4. The predicted octanol–water partition coefficient (Wildman–Crippen LogP) is 2.63. The van der Waals surface area contributed by atoms with E-state index in [4.69, 9.17) is 10.5 Å². The van der Waals surface area contributed by atoms with Crippen molar-refractivity contribution in [3.8, 4) is 5.75 Å². The molecule has 18 heavy (non-hydrogen) atoms. The molecule has 1 aromatic carbocycles. The van der Waals surface area contributed by atoms with E-state index in [1.54, 1.807) is 6.92 Å². The van der Waals surface area contributed by atoms with E-state index in [0.717, 1.165) is 25.1 Å². The largest absolute Gasteiger partial charge is 0.489 e. The first-order chi connectivity index (χ1) is 8.50. The summed E-state index contributed by atoms with van der Waals surface area (Å²) in [5.74, 6) is 0.713. The van der Waals surface area contributed by atoms with Crippen molar-refractivity contribution in [3.63, 3.8) is 0 Å². The van der Waals surface area contributed by atoms with E-state index in [2.05, 4.69) is 5.32 Å². The van der Waals surface area contributed by atoms with Crippen molar-refractivity contribution < 1.29 is 9.84 Å². The van der Waals surface area contributed by atoms with Crippen LogP contribution in [0.25, 0.3) is 0 Å². The van der Waals surface area contributed by atoms with Crippen molar-refractivity contribution in [2.75, 3.05) is 17.6 Å². The second-order valence-electron chi connectivity index (χ2n) is 4.80. The van der Waals surface area contributed by atoms with Gasteiger partial charge in [-0.05, 0) is 45.7 Å². The molecule has 0 heterocycles. The number of ether oxygens (including phenoxy) is 1. The summed E-state index contributed by atoms with van der Waals surface area (Å²) in [6.07, 6.45) is 1.55. The monoisotopic (exact) mass is 252 g/mol. The molecule has 0 aliphatic carbocycles. The molecule has 0 bridgehead atoms. The zero-order valence-electron chi connectivity index (χ0n) is 11.4. The standard InChI is InChI=1S/C14H24N2O2/c1-10(2)18-13-8-4-7-12(14(13)15)16-9-5-6-11(3)17/h4,7-8,10-11,16-17H,5-6,9,15H2,1-3H3. The summed E-state index contributed by atoms with van der Waals surface area (Å²) in [4.78, 5) is 0. The first kappa shape index (κ1) is 14.6. The number of nitrogens with two attached hydrogens (primary N) is 1. The van der Waals surface area contributed by atoms with Gasteiger partial charge in [-0.25, -0.2) is 0 Å². The lowest BCUT2D eigenvalue weighted by Crippen LogP contribution is -2.10. The van der Waals surface area contributed by atoms with Crippen LogP contribution < -0.4 is 15.8 Å². The van der Waals surface area contributed by atoms with Gasteiger partial charge >= 0.3 is 0 Å². The van der Waals surface area contributed by atoms with Crippen LogP contribution in [0.15, 0.2) is 18.2 Å². The first-order valence-electron chi connectivity index (χ1n) is 6.47. The van der Waals surface area contributed by atoms with Gasteiger partial charge in [-0.15, -0.1) is 0 Å². The smallest absolute Gasteiger partial charge is 0.144 e. The van der Waals surface area contributed by atoms with Gasteiger partial charge in [0.25, 0.3) is 0 Å². The SMILES string of the molecule is CC(O)CCCNc1cccc(OC(C)C)c1N. The number of nitrogen functional groups attached to an aromatic ring is 1. The van der Waals surface area contributed by atoms with Crippen LogP contribution in [0.4, 0.5) is 11.4 Å². The molecule has 0 radical (unpaired) electrons. The molecular formula is C14H24N2O2. The van der Waals surface area contributed by atoms with E-state index in [-0.39, 0.29) is 12.2 Å². The van der Waals surface area contributed by atoms with Gasteiger partial charge < -0.3 is 20.9 Å². The van der Waals surface area contributed by atoms with Crippen molar-refractivity contribution in [2.45, 2.75) is 45.8 Å². The van der Waals surface area contributed by atoms with Crippen LogP contribution in [-0.2, 0) is 0 Å². The van der Waals surface area contributed by atoms with Gasteiger partial charge in [-0.1, -0.05) is 6.07 Å². The summed E-state index contributed by atoms with van der Waals surface area (Å²) in [5, 5.41) is 12.4. The summed E-state index contributed by atoms with van der Waals surface area (Å²) in [6.45, 7) is 6.54. The lowest BCUT2D eigenvalue weighted by molar-refractivity contribution is 0.183. The van der Waals surface area contributed by atoms with Gasteiger partial charge in [0.1, 0.15) is 5.75 Å². The molecule has 102 valence electrons. The van der Waals surface area contributed by atoms with E-state index < -0.39 is 0 Å². The third-order valence-corrected chi connectivity index (χ3v) is 2.54. The zero-order chi connectivity index (χ0) is 13.5. The Morgan fingerprint density at radius 3 is 2.67 bits per heavy atom. The Morgan fingerprint density at radius 1 is 1.33 bits per heavy atom. The van der Waals surface area contributed by atoms with E-state index >= 15 is 0 Å². The van der Waals surface area contributed by atoms with Crippen molar-refractivity contribution in [1.82, 2.24) is 0 Å². The predicted molar refractivity (Wildman–Crippen MR) is 76.0 cm³/mol. The lowest BCUT2D eigenvalue weighted by Gasteiger charge is -2.15. The molecule has 0 spiro atoms. The van der Waals surface area contributed by atoms with Crippen LogP contribution in [0, 0.1) is 0 Å². The second kappa shape index (κ2) is 7.11. The molecule has 1 atom stereocenters. The van der Waals surface area contributed by atoms with Crippen LogP contribution in [-0.4, -0.2) is 23.9 Å². The number of rotatable bonds is 7. The highest BCUT2D eigenvalue weighted by Gasteiger charge is 2.07. The third kappa shape index (κ3) is 4.84. The molecule has 1 unspecified atom stereocenters. The molecule has 0 aliphatic rings. The fourth-order valence-electron chi connectivity index (χ4n) is 1.68. The molecule has 1 aromatic rings. The topological polar surface area (TPSA) is 67.5 Å². The van der Waals surface area contributed by atoms with E-state index in [9.17, 15) is 5.11 Å². The van der Waals surface area contributed by atoms with Gasteiger partial charge in [0.15, 0.2) is 0 Å². The minimum atomic E-state index is -0.250. The van der Waals surface area contributed by atoms with Crippen LogP contribution >= 0.6 is 0 Å². The van der Waals surface area contributed by atoms with Gasteiger partial charge in [-0.3, -0.25) is 0 Å². The minimum Gasteiger partial charge on any atom is -0.489 e. The summed E-state index contributed by atoms with van der Waals surface area (Å²) in [7, 11) is 0. The van der Waals surface area contributed by atoms with E-state index in [1.165, 1.54) is 0 Å². The molecule has 4 N–H and O–H groups in total. The summed E-state index contributed by atoms with van der Waals surface area (Å²) < 4.78 is 5.63. The van der Waals surface area contributed by atoms with Crippen molar-refractivity contribution >= 4 is 11.4 Å². The molecule has 4 heteroatoms. The Labute approximate surface area is 109 Å². The van der Waals surface area contributed by atoms with Gasteiger partial charge in [0, 0.05) is 6.54 Å². The Hall–Kier alpha value is -1.42. The van der Waals surface area contributed by atoms with Crippen molar-refractivity contribution in [3.05, 3.63) is 18.2 Å². The maximum Gasteiger partial charge on any atom is 0.144 e. The average molecular weight is 252 g/mol. The average Bonchev–Trinajstić information content (AvgIpc) is 2.28. The molecule has 4 nitrogen and oxygen atoms in total.